The minimum absolute atomic E-state index is 0.525. The first-order valence-corrected chi connectivity index (χ1v) is 8.03. The van der Waals surface area contributed by atoms with Gasteiger partial charge in [0.15, 0.2) is 0 Å². The number of nitrogens with one attached hydrogen (secondary N) is 1. The molecule has 1 heterocycles. The van der Waals surface area contributed by atoms with E-state index in [1.54, 1.807) is 0 Å². The molecule has 0 amide bonds. The first-order valence-electron chi connectivity index (χ1n) is 8.03. The van der Waals surface area contributed by atoms with Gasteiger partial charge in [0.05, 0.1) is 0 Å². The molecule has 106 valence electrons. The van der Waals surface area contributed by atoms with Crippen LogP contribution in [0.15, 0.2) is 0 Å². The monoisotopic (exact) mass is 252 g/mol. The van der Waals surface area contributed by atoms with Gasteiger partial charge in [-0.15, -0.1) is 0 Å². The second-order valence-corrected chi connectivity index (χ2v) is 7.12. The number of piperidine rings is 1. The molecule has 0 bridgehead atoms. The van der Waals surface area contributed by atoms with E-state index in [-0.39, 0.29) is 0 Å². The molecule has 2 rings (SSSR count). The lowest BCUT2D eigenvalue weighted by molar-refractivity contribution is -0.000843. The average Bonchev–Trinajstić information content (AvgIpc) is 2.30. The van der Waals surface area contributed by atoms with Crippen LogP contribution in [0.1, 0.15) is 66.2 Å². The normalized spacial score (nSPS) is 37.7. The maximum atomic E-state index is 3.63. The molecule has 18 heavy (non-hydrogen) atoms. The third kappa shape index (κ3) is 3.08. The molecule has 0 spiro atoms. The van der Waals surface area contributed by atoms with Crippen LogP contribution in [-0.4, -0.2) is 36.1 Å². The number of hydrogen-bond donors (Lipinski definition) is 1. The molecule has 2 heteroatoms. The van der Waals surface area contributed by atoms with Crippen LogP contribution in [0, 0.1) is 5.41 Å². The second-order valence-electron chi connectivity index (χ2n) is 7.12. The van der Waals surface area contributed by atoms with Gasteiger partial charge in [-0.05, 0) is 44.6 Å². The topological polar surface area (TPSA) is 15.3 Å². The molecular formula is C16H32N2. The van der Waals surface area contributed by atoms with Gasteiger partial charge in [0.25, 0.3) is 0 Å². The molecule has 2 fully saturated rings. The van der Waals surface area contributed by atoms with E-state index in [2.05, 4.69) is 37.9 Å². The lowest BCUT2D eigenvalue weighted by Crippen LogP contribution is -2.56. The predicted molar refractivity (Wildman–Crippen MR) is 78.9 cm³/mol. The molecule has 3 atom stereocenters. The zero-order chi connectivity index (χ0) is 13.2. The minimum Gasteiger partial charge on any atom is -0.314 e. The number of hydrogen-bond acceptors (Lipinski definition) is 2. The Bertz CT molecular complexity index is 262. The van der Waals surface area contributed by atoms with Crippen LogP contribution in [-0.2, 0) is 0 Å². The van der Waals surface area contributed by atoms with Gasteiger partial charge in [0.1, 0.15) is 0 Å². The van der Waals surface area contributed by atoms with Crippen molar-refractivity contribution >= 4 is 0 Å². The van der Waals surface area contributed by atoms with Gasteiger partial charge in [0.2, 0.25) is 0 Å². The Hall–Kier alpha value is -0.0800. The van der Waals surface area contributed by atoms with Gasteiger partial charge < -0.3 is 5.32 Å². The highest BCUT2D eigenvalue weighted by molar-refractivity contribution is 4.94. The van der Waals surface area contributed by atoms with Crippen molar-refractivity contribution in [3.63, 3.8) is 0 Å². The number of nitrogens with zero attached hydrogens (tertiary/aromatic N) is 1. The van der Waals surface area contributed by atoms with Crippen molar-refractivity contribution in [2.75, 3.05) is 13.1 Å². The van der Waals surface area contributed by atoms with Crippen LogP contribution in [0.25, 0.3) is 0 Å². The van der Waals surface area contributed by atoms with Crippen molar-refractivity contribution in [2.45, 2.75) is 84.3 Å². The Morgan fingerprint density at radius 3 is 2.61 bits per heavy atom. The van der Waals surface area contributed by atoms with Gasteiger partial charge >= 0.3 is 0 Å². The van der Waals surface area contributed by atoms with Crippen molar-refractivity contribution in [2.24, 2.45) is 5.41 Å². The highest BCUT2D eigenvalue weighted by atomic mass is 15.2. The smallest absolute Gasteiger partial charge is 0.0149 e. The molecule has 1 aliphatic carbocycles. The van der Waals surface area contributed by atoms with Gasteiger partial charge in [-0.2, -0.15) is 0 Å². The Balaban J connectivity index is 1.97. The van der Waals surface area contributed by atoms with E-state index in [4.69, 9.17) is 0 Å². The van der Waals surface area contributed by atoms with E-state index in [1.807, 2.05) is 0 Å². The van der Waals surface area contributed by atoms with Gasteiger partial charge in [-0.25, -0.2) is 0 Å². The first kappa shape index (κ1) is 14.3. The highest BCUT2D eigenvalue weighted by Gasteiger charge is 2.39. The molecule has 1 saturated carbocycles. The molecule has 0 aromatic carbocycles. The van der Waals surface area contributed by atoms with E-state index in [9.17, 15) is 0 Å². The highest BCUT2D eigenvalue weighted by Crippen LogP contribution is 2.40. The maximum absolute atomic E-state index is 3.63. The van der Waals surface area contributed by atoms with Crippen molar-refractivity contribution < 1.29 is 0 Å². The standard InChI is InChI=1S/C16H32N2/c1-5-17-14-9-11-18(13(2)12-14)15-8-6-7-10-16(15,3)4/h13-15,17H,5-12H2,1-4H3. The minimum atomic E-state index is 0.525. The van der Waals surface area contributed by atoms with Crippen LogP contribution in [0.5, 0.6) is 0 Å². The third-order valence-electron chi connectivity index (χ3n) is 5.27. The molecule has 2 nitrogen and oxygen atoms in total. The molecule has 0 aromatic heterocycles. The van der Waals surface area contributed by atoms with Crippen LogP contribution >= 0.6 is 0 Å². The predicted octanol–water partition coefficient (Wildman–Crippen LogP) is 3.42. The quantitative estimate of drug-likeness (QED) is 0.828. The summed E-state index contributed by atoms with van der Waals surface area (Å²) in [6.07, 6.45) is 8.38. The van der Waals surface area contributed by atoms with Crippen LogP contribution in [0.4, 0.5) is 0 Å². The molecule has 1 N–H and O–H groups in total. The summed E-state index contributed by atoms with van der Waals surface area (Å²) in [7, 11) is 0. The lowest BCUT2D eigenvalue weighted by atomic mass is 9.71. The largest absolute Gasteiger partial charge is 0.314 e. The van der Waals surface area contributed by atoms with E-state index >= 15 is 0 Å². The average molecular weight is 252 g/mol. The SMILES string of the molecule is CCNC1CCN(C2CCCCC2(C)C)C(C)C1. The fraction of sp³-hybridized carbons (Fsp3) is 1.00. The Morgan fingerprint density at radius 1 is 1.22 bits per heavy atom. The summed E-state index contributed by atoms with van der Waals surface area (Å²) in [5, 5.41) is 3.63. The van der Waals surface area contributed by atoms with E-state index < -0.39 is 0 Å². The second kappa shape index (κ2) is 5.92. The number of rotatable bonds is 3. The fourth-order valence-electron chi connectivity index (χ4n) is 4.22. The molecule has 0 radical (unpaired) electrons. The Labute approximate surface area is 114 Å². The van der Waals surface area contributed by atoms with E-state index in [1.165, 1.54) is 45.1 Å². The summed E-state index contributed by atoms with van der Waals surface area (Å²) in [5.74, 6) is 0. The lowest BCUT2D eigenvalue weighted by Gasteiger charge is -2.50. The molecule has 1 aliphatic heterocycles. The van der Waals surface area contributed by atoms with Crippen molar-refractivity contribution in [3.8, 4) is 0 Å². The molecule has 1 saturated heterocycles. The summed E-state index contributed by atoms with van der Waals surface area (Å²) in [6, 6.07) is 2.34. The molecule has 2 aliphatic rings. The number of likely N-dealkylation sites (tertiary alicyclic amines) is 1. The summed E-state index contributed by atoms with van der Waals surface area (Å²) in [5.41, 5.74) is 0.525. The molecule has 0 aromatic rings. The van der Waals surface area contributed by atoms with Crippen LogP contribution in [0.3, 0.4) is 0 Å². The maximum Gasteiger partial charge on any atom is 0.0149 e. The van der Waals surface area contributed by atoms with Crippen molar-refractivity contribution in [3.05, 3.63) is 0 Å². The zero-order valence-corrected chi connectivity index (χ0v) is 12.8. The van der Waals surface area contributed by atoms with Crippen molar-refractivity contribution in [1.82, 2.24) is 10.2 Å². The van der Waals surface area contributed by atoms with E-state index in [0.717, 1.165) is 24.7 Å². The third-order valence-corrected chi connectivity index (χ3v) is 5.27. The molecular weight excluding hydrogens is 220 g/mol. The van der Waals surface area contributed by atoms with Gasteiger partial charge in [-0.3, -0.25) is 4.90 Å². The van der Waals surface area contributed by atoms with Gasteiger partial charge in [0, 0.05) is 24.7 Å². The first-order chi connectivity index (χ1) is 8.54. The Kier molecular flexibility index (Phi) is 4.71. The summed E-state index contributed by atoms with van der Waals surface area (Å²) >= 11 is 0. The Morgan fingerprint density at radius 2 is 2.00 bits per heavy atom. The van der Waals surface area contributed by atoms with Crippen LogP contribution in [0.2, 0.25) is 0 Å². The van der Waals surface area contributed by atoms with Gasteiger partial charge in [-0.1, -0.05) is 33.6 Å². The zero-order valence-electron chi connectivity index (χ0n) is 12.8. The van der Waals surface area contributed by atoms with Crippen LogP contribution < -0.4 is 5.32 Å². The fourth-order valence-corrected chi connectivity index (χ4v) is 4.22. The summed E-state index contributed by atoms with van der Waals surface area (Å²) in [4.78, 5) is 2.83. The molecule has 3 unspecified atom stereocenters. The summed E-state index contributed by atoms with van der Waals surface area (Å²) in [6.45, 7) is 12.1. The summed E-state index contributed by atoms with van der Waals surface area (Å²) < 4.78 is 0. The van der Waals surface area contributed by atoms with Crippen molar-refractivity contribution in [1.29, 1.82) is 0 Å². The van der Waals surface area contributed by atoms with E-state index in [0.29, 0.717) is 5.41 Å².